The summed E-state index contributed by atoms with van der Waals surface area (Å²) in [6.45, 7) is 4.25. The van der Waals surface area contributed by atoms with Crippen LogP contribution in [0.25, 0.3) is 0 Å². The third kappa shape index (κ3) is 5.41. The molecule has 0 spiro atoms. The van der Waals surface area contributed by atoms with Crippen LogP contribution in [-0.4, -0.2) is 58.4 Å². The minimum atomic E-state index is -0.774. The molecular formula is C24H31N5O2. The Bertz CT molecular complexity index is 860. The quantitative estimate of drug-likeness (QED) is 0.752. The van der Waals surface area contributed by atoms with E-state index in [1.165, 1.54) is 0 Å². The third-order valence-electron chi connectivity index (χ3n) is 6.29. The summed E-state index contributed by atoms with van der Waals surface area (Å²) in [6.07, 6.45) is 5.15. The maximum Gasteiger partial charge on any atom is 0.315 e. The van der Waals surface area contributed by atoms with Crippen LogP contribution in [0.3, 0.4) is 0 Å². The van der Waals surface area contributed by atoms with E-state index in [1.807, 2.05) is 59.6 Å². The minimum Gasteiger partial charge on any atom is -0.338 e. The summed E-state index contributed by atoms with van der Waals surface area (Å²) in [5, 5.41) is 5.95. The lowest BCUT2D eigenvalue weighted by Crippen LogP contribution is -2.62. The van der Waals surface area contributed by atoms with Crippen LogP contribution in [0.2, 0.25) is 0 Å². The molecule has 1 aromatic carbocycles. The zero-order chi connectivity index (χ0) is 21.5. The average molecular weight is 422 g/mol. The second-order valence-corrected chi connectivity index (χ2v) is 8.47. The van der Waals surface area contributed by atoms with Crippen molar-refractivity contribution in [2.24, 2.45) is 0 Å². The number of carbonyl (C=O) groups is 2. The Kier molecular flexibility index (Phi) is 6.82. The molecule has 7 heteroatoms. The van der Waals surface area contributed by atoms with Gasteiger partial charge in [0.25, 0.3) is 0 Å². The van der Waals surface area contributed by atoms with Crippen molar-refractivity contribution in [3.05, 3.63) is 66.0 Å². The van der Waals surface area contributed by atoms with E-state index < -0.39 is 5.54 Å². The standard InChI is InChI=1S/C24H31N5O2/c30-22(29-16-14-28(15-17-29)19-21-10-4-7-13-25-21)24(11-5-6-12-24)27-23(31)26-18-20-8-2-1-3-9-20/h1-4,7-10,13H,5-6,11-12,14-19H2,(H2,26,27,31). The molecule has 4 rings (SSSR count). The number of benzene rings is 1. The Balaban J connectivity index is 1.31. The van der Waals surface area contributed by atoms with Gasteiger partial charge in [0.2, 0.25) is 5.91 Å². The topological polar surface area (TPSA) is 77.6 Å². The van der Waals surface area contributed by atoms with Gasteiger partial charge >= 0.3 is 6.03 Å². The van der Waals surface area contributed by atoms with E-state index in [2.05, 4.69) is 20.5 Å². The van der Waals surface area contributed by atoms with Crippen molar-refractivity contribution in [3.8, 4) is 0 Å². The summed E-state index contributed by atoms with van der Waals surface area (Å²) in [4.78, 5) is 34.7. The number of urea groups is 1. The number of amides is 3. The first-order valence-corrected chi connectivity index (χ1v) is 11.2. The van der Waals surface area contributed by atoms with E-state index in [0.29, 0.717) is 32.5 Å². The van der Waals surface area contributed by atoms with Crippen molar-refractivity contribution in [2.75, 3.05) is 26.2 Å². The van der Waals surface area contributed by atoms with Crippen molar-refractivity contribution >= 4 is 11.9 Å². The lowest BCUT2D eigenvalue weighted by molar-refractivity contribution is -0.139. The number of hydrogen-bond acceptors (Lipinski definition) is 4. The number of aromatic nitrogens is 1. The van der Waals surface area contributed by atoms with E-state index in [0.717, 1.165) is 43.7 Å². The van der Waals surface area contributed by atoms with E-state index in [-0.39, 0.29) is 11.9 Å². The number of nitrogens with zero attached hydrogens (tertiary/aromatic N) is 3. The molecule has 1 aromatic heterocycles. The molecule has 3 amide bonds. The van der Waals surface area contributed by atoms with Crippen LogP contribution in [0.4, 0.5) is 4.79 Å². The number of hydrogen-bond donors (Lipinski definition) is 2. The fourth-order valence-electron chi connectivity index (χ4n) is 4.54. The summed E-state index contributed by atoms with van der Waals surface area (Å²) in [5.41, 5.74) is 1.31. The van der Waals surface area contributed by atoms with E-state index >= 15 is 0 Å². The largest absolute Gasteiger partial charge is 0.338 e. The van der Waals surface area contributed by atoms with Gasteiger partial charge in [-0.1, -0.05) is 49.2 Å². The molecule has 2 aliphatic rings. The molecule has 2 heterocycles. The van der Waals surface area contributed by atoms with Crippen LogP contribution in [0.1, 0.15) is 36.9 Å². The molecule has 0 bridgehead atoms. The van der Waals surface area contributed by atoms with Crippen molar-refractivity contribution < 1.29 is 9.59 Å². The molecule has 0 unspecified atom stereocenters. The molecule has 1 saturated heterocycles. The predicted octanol–water partition coefficient (Wildman–Crippen LogP) is 2.54. The van der Waals surface area contributed by atoms with E-state index in [4.69, 9.17) is 0 Å². The average Bonchev–Trinajstić information content (AvgIpc) is 3.29. The smallest absolute Gasteiger partial charge is 0.315 e. The Morgan fingerprint density at radius 3 is 2.32 bits per heavy atom. The van der Waals surface area contributed by atoms with Gasteiger partial charge in [-0.25, -0.2) is 4.79 Å². The highest BCUT2D eigenvalue weighted by atomic mass is 16.2. The van der Waals surface area contributed by atoms with Crippen molar-refractivity contribution in [1.82, 2.24) is 25.4 Å². The molecule has 2 fully saturated rings. The van der Waals surface area contributed by atoms with Crippen LogP contribution < -0.4 is 10.6 Å². The summed E-state index contributed by atoms with van der Waals surface area (Å²) in [5.74, 6) is 0.0670. The molecule has 2 N–H and O–H groups in total. The summed E-state index contributed by atoms with van der Waals surface area (Å²) >= 11 is 0. The number of rotatable bonds is 6. The van der Waals surface area contributed by atoms with Crippen LogP contribution in [0, 0.1) is 0 Å². The number of carbonyl (C=O) groups excluding carboxylic acids is 2. The fraction of sp³-hybridized carbons (Fsp3) is 0.458. The van der Waals surface area contributed by atoms with Crippen molar-refractivity contribution in [3.63, 3.8) is 0 Å². The van der Waals surface area contributed by atoms with Crippen LogP contribution >= 0.6 is 0 Å². The molecular weight excluding hydrogens is 390 g/mol. The number of pyridine rings is 1. The van der Waals surface area contributed by atoms with Crippen molar-refractivity contribution in [1.29, 1.82) is 0 Å². The second kappa shape index (κ2) is 9.92. The van der Waals surface area contributed by atoms with Gasteiger partial charge in [0, 0.05) is 45.5 Å². The predicted molar refractivity (Wildman–Crippen MR) is 119 cm³/mol. The van der Waals surface area contributed by atoms with Gasteiger partial charge in [0.15, 0.2) is 0 Å². The summed E-state index contributed by atoms with van der Waals surface area (Å²) in [6, 6.07) is 15.5. The Labute approximate surface area is 183 Å². The molecule has 164 valence electrons. The summed E-state index contributed by atoms with van der Waals surface area (Å²) in [7, 11) is 0. The Morgan fingerprint density at radius 1 is 0.935 bits per heavy atom. The first-order valence-electron chi connectivity index (χ1n) is 11.2. The molecule has 1 aliphatic heterocycles. The van der Waals surface area contributed by atoms with Gasteiger partial charge in [0.1, 0.15) is 5.54 Å². The number of nitrogens with one attached hydrogen (secondary N) is 2. The SMILES string of the molecule is O=C(NCc1ccccc1)NC1(C(=O)N2CCN(Cc3ccccn3)CC2)CCCC1. The molecule has 1 saturated carbocycles. The number of piperazine rings is 1. The second-order valence-electron chi connectivity index (χ2n) is 8.47. The van der Waals surface area contributed by atoms with E-state index in [1.54, 1.807) is 0 Å². The minimum absolute atomic E-state index is 0.0670. The van der Waals surface area contributed by atoms with Crippen LogP contribution in [0.15, 0.2) is 54.7 Å². The molecule has 7 nitrogen and oxygen atoms in total. The van der Waals surface area contributed by atoms with Gasteiger partial charge in [0.05, 0.1) is 5.69 Å². The first-order chi connectivity index (χ1) is 15.1. The van der Waals surface area contributed by atoms with Gasteiger partial charge in [-0.15, -0.1) is 0 Å². The van der Waals surface area contributed by atoms with Gasteiger partial charge in [-0.3, -0.25) is 14.7 Å². The van der Waals surface area contributed by atoms with Crippen LogP contribution in [-0.2, 0) is 17.9 Å². The lowest BCUT2D eigenvalue weighted by atomic mass is 9.95. The monoisotopic (exact) mass is 421 g/mol. The van der Waals surface area contributed by atoms with Gasteiger partial charge in [-0.05, 0) is 30.5 Å². The first kappa shape index (κ1) is 21.3. The highest BCUT2D eigenvalue weighted by Crippen LogP contribution is 2.32. The molecule has 0 atom stereocenters. The van der Waals surface area contributed by atoms with Crippen molar-refractivity contribution in [2.45, 2.75) is 44.3 Å². The zero-order valence-electron chi connectivity index (χ0n) is 17.9. The maximum atomic E-state index is 13.4. The zero-order valence-corrected chi connectivity index (χ0v) is 17.9. The third-order valence-corrected chi connectivity index (χ3v) is 6.29. The lowest BCUT2D eigenvalue weighted by Gasteiger charge is -2.40. The molecule has 31 heavy (non-hydrogen) atoms. The molecule has 0 radical (unpaired) electrons. The van der Waals surface area contributed by atoms with Gasteiger partial charge in [-0.2, -0.15) is 0 Å². The van der Waals surface area contributed by atoms with Gasteiger partial charge < -0.3 is 15.5 Å². The summed E-state index contributed by atoms with van der Waals surface area (Å²) < 4.78 is 0. The normalized spacial score (nSPS) is 18.5. The Hall–Kier alpha value is -2.93. The fourth-order valence-corrected chi connectivity index (χ4v) is 4.54. The highest BCUT2D eigenvalue weighted by molar-refractivity contribution is 5.91. The maximum absolute atomic E-state index is 13.4. The molecule has 1 aliphatic carbocycles. The highest BCUT2D eigenvalue weighted by Gasteiger charge is 2.45. The van der Waals surface area contributed by atoms with E-state index in [9.17, 15) is 9.59 Å². The van der Waals surface area contributed by atoms with Crippen LogP contribution in [0.5, 0.6) is 0 Å². The molecule has 2 aromatic rings. The Morgan fingerprint density at radius 2 is 1.65 bits per heavy atom.